The molecular formula is C14H19NO2. The van der Waals surface area contributed by atoms with Crippen molar-refractivity contribution < 1.29 is 9.53 Å². The Kier molecular flexibility index (Phi) is 4.15. The number of nitrogens with one attached hydrogen (secondary N) is 1. The van der Waals surface area contributed by atoms with Crippen LogP contribution in [0.5, 0.6) is 0 Å². The van der Waals surface area contributed by atoms with Gasteiger partial charge in [-0.1, -0.05) is 25.0 Å². The summed E-state index contributed by atoms with van der Waals surface area (Å²) in [6, 6.07) is 7.99. The molecule has 0 unspecified atom stereocenters. The molecule has 3 nitrogen and oxygen atoms in total. The van der Waals surface area contributed by atoms with Crippen LogP contribution in [-0.4, -0.2) is 19.1 Å². The van der Waals surface area contributed by atoms with Crippen molar-refractivity contribution in [3.63, 3.8) is 0 Å². The minimum atomic E-state index is 0.0369. The maximum atomic E-state index is 12.0. The highest BCUT2D eigenvalue weighted by Crippen LogP contribution is 2.18. The van der Waals surface area contributed by atoms with Crippen LogP contribution in [0.25, 0.3) is 0 Å². The van der Waals surface area contributed by atoms with E-state index in [2.05, 4.69) is 5.32 Å². The molecule has 1 aliphatic carbocycles. The van der Waals surface area contributed by atoms with Crippen LogP contribution in [0.2, 0.25) is 0 Å². The third kappa shape index (κ3) is 3.30. The summed E-state index contributed by atoms with van der Waals surface area (Å²) < 4.78 is 5.06. The molecule has 1 fully saturated rings. The third-order valence-electron chi connectivity index (χ3n) is 3.19. The molecule has 3 heteroatoms. The first-order valence-corrected chi connectivity index (χ1v) is 6.18. The molecule has 0 spiro atoms. The molecule has 2 rings (SSSR count). The van der Waals surface area contributed by atoms with Gasteiger partial charge in [-0.3, -0.25) is 4.79 Å². The molecule has 1 N–H and O–H groups in total. The van der Waals surface area contributed by atoms with E-state index in [0.29, 0.717) is 12.6 Å². The van der Waals surface area contributed by atoms with E-state index in [1.54, 1.807) is 7.11 Å². The monoisotopic (exact) mass is 233 g/mol. The Bertz CT molecular complexity index is 384. The lowest BCUT2D eigenvalue weighted by Crippen LogP contribution is -2.32. The van der Waals surface area contributed by atoms with Crippen LogP contribution in [0, 0.1) is 0 Å². The fraction of sp³-hybridized carbons (Fsp3) is 0.500. The second kappa shape index (κ2) is 5.82. The first-order valence-electron chi connectivity index (χ1n) is 6.18. The van der Waals surface area contributed by atoms with Crippen LogP contribution in [0.3, 0.4) is 0 Å². The van der Waals surface area contributed by atoms with Crippen molar-refractivity contribution in [3.05, 3.63) is 35.4 Å². The van der Waals surface area contributed by atoms with Crippen molar-refractivity contribution in [1.29, 1.82) is 0 Å². The van der Waals surface area contributed by atoms with E-state index in [0.717, 1.165) is 24.0 Å². The summed E-state index contributed by atoms with van der Waals surface area (Å²) in [7, 11) is 1.66. The Morgan fingerprint density at radius 1 is 1.41 bits per heavy atom. The molecule has 1 amide bonds. The summed E-state index contributed by atoms with van der Waals surface area (Å²) >= 11 is 0. The van der Waals surface area contributed by atoms with E-state index in [9.17, 15) is 4.79 Å². The number of benzene rings is 1. The number of ether oxygens (including phenoxy) is 1. The number of hydrogen-bond donors (Lipinski definition) is 1. The first-order chi connectivity index (χ1) is 8.29. The first kappa shape index (κ1) is 12.1. The molecule has 1 aromatic carbocycles. The number of methoxy groups -OCH3 is 1. The fourth-order valence-electron chi connectivity index (χ4n) is 2.31. The van der Waals surface area contributed by atoms with Gasteiger partial charge < -0.3 is 10.1 Å². The van der Waals surface area contributed by atoms with Gasteiger partial charge in [0.15, 0.2) is 0 Å². The molecule has 0 saturated heterocycles. The molecular weight excluding hydrogens is 214 g/mol. The molecule has 0 aliphatic heterocycles. The van der Waals surface area contributed by atoms with Crippen molar-refractivity contribution >= 4 is 5.91 Å². The highest BCUT2D eigenvalue weighted by molar-refractivity contribution is 5.94. The maximum absolute atomic E-state index is 12.0. The number of carbonyl (C=O) groups excluding carboxylic acids is 1. The lowest BCUT2D eigenvalue weighted by Gasteiger charge is -2.12. The second-order valence-corrected chi connectivity index (χ2v) is 4.59. The highest BCUT2D eigenvalue weighted by Gasteiger charge is 2.17. The minimum Gasteiger partial charge on any atom is -0.380 e. The summed E-state index contributed by atoms with van der Waals surface area (Å²) in [6.07, 6.45) is 4.69. The largest absolute Gasteiger partial charge is 0.380 e. The molecule has 0 heterocycles. The average molecular weight is 233 g/mol. The van der Waals surface area contributed by atoms with E-state index < -0.39 is 0 Å². The normalized spacial score (nSPS) is 16.1. The van der Waals surface area contributed by atoms with Gasteiger partial charge in [-0.05, 0) is 30.5 Å². The van der Waals surface area contributed by atoms with Gasteiger partial charge in [0.1, 0.15) is 0 Å². The van der Waals surface area contributed by atoms with Crippen LogP contribution < -0.4 is 5.32 Å². The van der Waals surface area contributed by atoms with E-state index in [1.165, 1.54) is 12.8 Å². The topological polar surface area (TPSA) is 38.3 Å². The average Bonchev–Trinajstić information content (AvgIpc) is 2.83. The van der Waals surface area contributed by atoms with Crippen molar-refractivity contribution in [2.75, 3.05) is 7.11 Å². The maximum Gasteiger partial charge on any atom is 0.251 e. The Hall–Kier alpha value is -1.35. The molecule has 0 radical (unpaired) electrons. The number of amides is 1. The zero-order valence-electron chi connectivity index (χ0n) is 10.2. The van der Waals surface area contributed by atoms with Crippen LogP contribution in [0.1, 0.15) is 41.6 Å². The number of rotatable bonds is 4. The third-order valence-corrected chi connectivity index (χ3v) is 3.19. The van der Waals surface area contributed by atoms with Crippen molar-refractivity contribution in [3.8, 4) is 0 Å². The highest BCUT2D eigenvalue weighted by atomic mass is 16.5. The number of hydrogen-bond acceptors (Lipinski definition) is 2. The van der Waals surface area contributed by atoms with Gasteiger partial charge in [-0.2, -0.15) is 0 Å². The Morgan fingerprint density at radius 3 is 2.88 bits per heavy atom. The zero-order chi connectivity index (χ0) is 12.1. The van der Waals surface area contributed by atoms with E-state index in [-0.39, 0.29) is 5.91 Å². The van der Waals surface area contributed by atoms with E-state index >= 15 is 0 Å². The van der Waals surface area contributed by atoms with Crippen molar-refractivity contribution in [2.45, 2.75) is 38.3 Å². The number of carbonyl (C=O) groups is 1. The Morgan fingerprint density at radius 2 is 2.18 bits per heavy atom. The lowest BCUT2D eigenvalue weighted by molar-refractivity contribution is 0.0937. The predicted octanol–water partition coefficient (Wildman–Crippen LogP) is 2.51. The smallest absolute Gasteiger partial charge is 0.251 e. The van der Waals surface area contributed by atoms with Gasteiger partial charge in [0.25, 0.3) is 5.91 Å². The summed E-state index contributed by atoms with van der Waals surface area (Å²) in [5.41, 5.74) is 1.76. The second-order valence-electron chi connectivity index (χ2n) is 4.59. The molecule has 17 heavy (non-hydrogen) atoms. The molecule has 92 valence electrons. The van der Waals surface area contributed by atoms with E-state index in [1.807, 2.05) is 24.3 Å². The van der Waals surface area contributed by atoms with E-state index in [4.69, 9.17) is 4.74 Å². The SMILES string of the molecule is COCc1cccc(C(=O)NC2CCCC2)c1. The summed E-state index contributed by atoms with van der Waals surface area (Å²) in [4.78, 5) is 12.0. The van der Waals surface area contributed by atoms with Gasteiger partial charge in [-0.25, -0.2) is 0 Å². The van der Waals surface area contributed by atoms with Crippen LogP contribution in [0.4, 0.5) is 0 Å². The van der Waals surface area contributed by atoms with Gasteiger partial charge >= 0.3 is 0 Å². The van der Waals surface area contributed by atoms with Crippen LogP contribution >= 0.6 is 0 Å². The van der Waals surface area contributed by atoms with Crippen molar-refractivity contribution in [1.82, 2.24) is 5.32 Å². The predicted molar refractivity (Wildman–Crippen MR) is 66.9 cm³/mol. The van der Waals surface area contributed by atoms with Crippen LogP contribution in [-0.2, 0) is 11.3 Å². The molecule has 0 aromatic heterocycles. The van der Waals surface area contributed by atoms with Crippen LogP contribution in [0.15, 0.2) is 24.3 Å². The summed E-state index contributed by atoms with van der Waals surface area (Å²) in [5.74, 6) is 0.0369. The van der Waals surface area contributed by atoms with Gasteiger partial charge in [0.2, 0.25) is 0 Å². The lowest BCUT2D eigenvalue weighted by atomic mass is 10.1. The van der Waals surface area contributed by atoms with Crippen molar-refractivity contribution in [2.24, 2.45) is 0 Å². The summed E-state index contributed by atoms with van der Waals surface area (Å²) in [6.45, 7) is 0.546. The Labute approximate surface area is 102 Å². The molecule has 1 aromatic rings. The van der Waals surface area contributed by atoms with Gasteiger partial charge in [-0.15, -0.1) is 0 Å². The standard InChI is InChI=1S/C14H19NO2/c1-17-10-11-5-4-6-12(9-11)14(16)15-13-7-2-3-8-13/h4-6,9,13H,2-3,7-8,10H2,1H3,(H,15,16). The molecule has 1 aliphatic rings. The molecule has 0 bridgehead atoms. The van der Waals surface area contributed by atoms with Gasteiger partial charge in [0.05, 0.1) is 6.61 Å². The van der Waals surface area contributed by atoms with Gasteiger partial charge in [0, 0.05) is 18.7 Å². The Balaban J connectivity index is 1.99. The summed E-state index contributed by atoms with van der Waals surface area (Å²) in [5, 5.41) is 3.08. The molecule has 1 saturated carbocycles. The zero-order valence-corrected chi connectivity index (χ0v) is 10.2. The minimum absolute atomic E-state index is 0.0369. The fourth-order valence-corrected chi connectivity index (χ4v) is 2.31. The molecule has 0 atom stereocenters. The quantitative estimate of drug-likeness (QED) is 0.867.